The lowest BCUT2D eigenvalue weighted by molar-refractivity contribution is -0.120. The van der Waals surface area contributed by atoms with E-state index in [0.29, 0.717) is 18.2 Å². The van der Waals surface area contributed by atoms with Crippen LogP contribution in [-0.2, 0) is 17.8 Å². The van der Waals surface area contributed by atoms with Gasteiger partial charge >= 0.3 is 0 Å². The molecule has 2 heterocycles. The van der Waals surface area contributed by atoms with Crippen molar-refractivity contribution in [3.8, 4) is 5.88 Å². The quantitative estimate of drug-likeness (QED) is 0.752. The lowest BCUT2D eigenvalue weighted by Gasteiger charge is -2.10. The van der Waals surface area contributed by atoms with Crippen LogP contribution < -0.4 is 10.1 Å². The summed E-state index contributed by atoms with van der Waals surface area (Å²) in [5.74, 6) is 1.10. The van der Waals surface area contributed by atoms with Gasteiger partial charge < -0.3 is 15.0 Å². The number of amides is 1. The van der Waals surface area contributed by atoms with Gasteiger partial charge in [-0.05, 0) is 11.6 Å². The van der Waals surface area contributed by atoms with Crippen molar-refractivity contribution >= 4 is 16.8 Å². The van der Waals surface area contributed by atoms with E-state index in [4.69, 9.17) is 4.74 Å². The molecule has 0 aliphatic rings. The maximum atomic E-state index is 12.0. The number of fused-ring (bicyclic) bond motifs is 1. The number of benzene rings is 1. The highest BCUT2D eigenvalue weighted by atomic mass is 16.5. The molecule has 0 saturated carbocycles. The number of imidazole rings is 1. The molecule has 6 nitrogen and oxygen atoms in total. The van der Waals surface area contributed by atoms with Crippen molar-refractivity contribution < 1.29 is 9.53 Å². The number of nitrogens with zero attached hydrogens (tertiary/aromatic N) is 2. The first kappa shape index (κ1) is 14.1. The standard InChI is InChI=1S/C16H16N4O2/c1-22-16-8-11(12-4-2-3-5-13(12)20-16)10-19-15(21)9-14-17-6-7-18-14/h2-8H,9-10H2,1H3,(H,17,18)(H,19,21). The van der Waals surface area contributed by atoms with Crippen molar-refractivity contribution in [2.24, 2.45) is 0 Å². The molecule has 0 unspecified atom stereocenters. The lowest BCUT2D eigenvalue weighted by Crippen LogP contribution is -2.25. The number of ether oxygens (including phenoxy) is 1. The second kappa shape index (κ2) is 6.26. The number of hydrogen-bond acceptors (Lipinski definition) is 4. The number of carbonyl (C=O) groups excluding carboxylic acids is 1. The molecule has 0 saturated heterocycles. The van der Waals surface area contributed by atoms with Gasteiger partial charge in [-0.25, -0.2) is 9.97 Å². The number of pyridine rings is 1. The predicted octanol–water partition coefficient (Wildman–Crippen LogP) is 1.83. The van der Waals surface area contributed by atoms with Gasteiger partial charge in [0.2, 0.25) is 11.8 Å². The van der Waals surface area contributed by atoms with E-state index in [9.17, 15) is 4.79 Å². The van der Waals surface area contributed by atoms with E-state index in [1.54, 1.807) is 19.5 Å². The average Bonchev–Trinajstić information content (AvgIpc) is 3.05. The Morgan fingerprint density at radius 2 is 2.23 bits per heavy atom. The molecular formula is C16H16N4O2. The molecule has 0 radical (unpaired) electrons. The van der Waals surface area contributed by atoms with E-state index < -0.39 is 0 Å². The number of rotatable bonds is 5. The van der Waals surface area contributed by atoms with E-state index in [0.717, 1.165) is 16.5 Å². The molecule has 0 spiro atoms. The largest absolute Gasteiger partial charge is 0.481 e. The normalized spacial score (nSPS) is 10.6. The molecule has 0 bridgehead atoms. The summed E-state index contributed by atoms with van der Waals surface area (Å²) >= 11 is 0. The molecular weight excluding hydrogens is 280 g/mol. The van der Waals surface area contributed by atoms with E-state index in [-0.39, 0.29) is 12.3 Å². The molecule has 0 atom stereocenters. The molecule has 0 aliphatic carbocycles. The number of methoxy groups -OCH3 is 1. The minimum Gasteiger partial charge on any atom is -0.481 e. The number of carbonyl (C=O) groups is 1. The number of aromatic nitrogens is 3. The van der Waals surface area contributed by atoms with Gasteiger partial charge in [0.1, 0.15) is 5.82 Å². The molecule has 2 N–H and O–H groups in total. The number of nitrogens with one attached hydrogen (secondary N) is 2. The van der Waals surface area contributed by atoms with Crippen LogP contribution in [0.3, 0.4) is 0 Å². The second-order valence-electron chi connectivity index (χ2n) is 4.83. The molecule has 22 heavy (non-hydrogen) atoms. The van der Waals surface area contributed by atoms with Crippen LogP contribution in [0.5, 0.6) is 5.88 Å². The molecule has 1 amide bonds. The Hall–Kier alpha value is -2.89. The van der Waals surface area contributed by atoms with Gasteiger partial charge in [-0.1, -0.05) is 18.2 Å². The van der Waals surface area contributed by atoms with Gasteiger partial charge in [0.25, 0.3) is 0 Å². The highest BCUT2D eigenvalue weighted by Gasteiger charge is 2.09. The third kappa shape index (κ3) is 3.06. The van der Waals surface area contributed by atoms with Crippen LogP contribution in [0.2, 0.25) is 0 Å². The average molecular weight is 296 g/mol. The number of hydrogen-bond donors (Lipinski definition) is 2. The Morgan fingerprint density at radius 1 is 1.36 bits per heavy atom. The predicted molar refractivity (Wildman–Crippen MR) is 82.4 cm³/mol. The monoisotopic (exact) mass is 296 g/mol. The first-order chi connectivity index (χ1) is 10.8. The van der Waals surface area contributed by atoms with Crippen molar-refractivity contribution in [2.75, 3.05) is 7.11 Å². The Bertz CT molecular complexity index is 784. The van der Waals surface area contributed by atoms with Crippen LogP contribution in [0.25, 0.3) is 10.9 Å². The highest BCUT2D eigenvalue weighted by molar-refractivity contribution is 5.84. The van der Waals surface area contributed by atoms with Crippen LogP contribution in [0.1, 0.15) is 11.4 Å². The smallest absolute Gasteiger partial charge is 0.227 e. The van der Waals surface area contributed by atoms with Gasteiger partial charge in [0, 0.05) is 30.4 Å². The third-order valence-electron chi connectivity index (χ3n) is 3.35. The zero-order valence-electron chi connectivity index (χ0n) is 12.2. The topological polar surface area (TPSA) is 79.9 Å². The van der Waals surface area contributed by atoms with E-state index >= 15 is 0 Å². The molecule has 3 aromatic rings. The fraction of sp³-hybridized carbons (Fsp3) is 0.188. The van der Waals surface area contributed by atoms with Crippen molar-refractivity contribution in [2.45, 2.75) is 13.0 Å². The van der Waals surface area contributed by atoms with Crippen LogP contribution in [-0.4, -0.2) is 28.0 Å². The Balaban J connectivity index is 1.76. The zero-order chi connectivity index (χ0) is 15.4. The van der Waals surface area contributed by atoms with E-state index in [1.807, 2.05) is 30.3 Å². The maximum Gasteiger partial charge on any atom is 0.227 e. The van der Waals surface area contributed by atoms with Gasteiger partial charge in [-0.2, -0.15) is 0 Å². The summed E-state index contributed by atoms with van der Waals surface area (Å²) in [6.45, 7) is 0.416. The Labute approximate surface area is 127 Å². The summed E-state index contributed by atoms with van der Waals surface area (Å²) in [5, 5.41) is 3.90. The van der Waals surface area contributed by atoms with Crippen molar-refractivity contribution in [3.63, 3.8) is 0 Å². The minimum atomic E-state index is -0.0881. The van der Waals surface area contributed by atoms with Crippen molar-refractivity contribution in [3.05, 3.63) is 54.1 Å². The molecule has 1 aromatic carbocycles. The van der Waals surface area contributed by atoms with Gasteiger partial charge in [0.05, 0.1) is 19.0 Å². The highest BCUT2D eigenvalue weighted by Crippen LogP contribution is 2.21. The van der Waals surface area contributed by atoms with Crippen LogP contribution in [0.15, 0.2) is 42.7 Å². The van der Waals surface area contributed by atoms with E-state index in [1.165, 1.54) is 0 Å². The van der Waals surface area contributed by atoms with Crippen LogP contribution in [0, 0.1) is 0 Å². The number of para-hydroxylation sites is 1. The van der Waals surface area contributed by atoms with Gasteiger partial charge in [-0.15, -0.1) is 0 Å². The zero-order valence-corrected chi connectivity index (χ0v) is 12.2. The first-order valence-electron chi connectivity index (χ1n) is 6.94. The van der Waals surface area contributed by atoms with Crippen LogP contribution >= 0.6 is 0 Å². The summed E-state index contributed by atoms with van der Waals surface area (Å²) < 4.78 is 5.22. The summed E-state index contributed by atoms with van der Waals surface area (Å²) in [4.78, 5) is 23.3. The Kier molecular flexibility index (Phi) is 4.00. The third-order valence-corrected chi connectivity index (χ3v) is 3.35. The minimum absolute atomic E-state index is 0.0881. The van der Waals surface area contributed by atoms with Crippen molar-refractivity contribution in [1.82, 2.24) is 20.3 Å². The molecule has 3 rings (SSSR count). The summed E-state index contributed by atoms with van der Waals surface area (Å²) in [7, 11) is 1.58. The summed E-state index contributed by atoms with van der Waals surface area (Å²) in [6, 6.07) is 9.62. The second-order valence-corrected chi connectivity index (χ2v) is 4.83. The molecule has 112 valence electrons. The lowest BCUT2D eigenvalue weighted by atomic mass is 10.1. The number of aromatic amines is 1. The van der Waals surface area contributed by atoms with E-state index in [2.05, 4.69) is 20.3 Å². The van der Waals surface area contributed by atoms with Crippen LogP contribution in [0.4, 0.5) is 0 Å². The van der Waals surface area contributed by atoms with Gasteiger partial charge in [-0.3, -0.25) is 4.79 Å². The fourth-order valence-corrected chi connectivity index (χ4v) is 2.27. The molecule has 6 heteroatoms. The maximum absolute atomic E-state index is 12.0. The number of H-pyrrole nitrogens is 1. The Morgan fingerprint density at radius 3 is 3.00 bits per heavy atom. The summed E-state index contributed by atoms with van der Waals surface area (Å²) in [5.41, 5.74) is 1.81. The summed E-state index contributed by atoms with van der Waals surface area (Å²) in [6.07, 6.45) is 3.56. The first-order valence-corrected chi connectivity index (χ1v) is 6.94. The molecule has 2 aromatic heterocycles. The SMILES string of the molecule is COc1cc(CNC(=O)Cc2ncc[nH]2)c2ccccc2n1. The molecule has 0 aliphatic heterocycles. The van der Waals surface area contributed by atoms with Crippen molar-refractivity contribution in [1.29, 1.82) is 0 Å². The molecule has 0 fully saturated rings. The van der Waals surface area contributed by atoms with Gasteiger partial charge in [0.15, 0.2) is 0 Å². The fourth-order valence-electron chi connectivity index (χ4n) is 2.27.